The second-order valence-corrected chi connectivity index (χ2v) is 5.20. The first-order valence-corrected chi connectivity index (χ1v) is 6.62. The molecule has 3 heteroatoms. The zero-order chi connectivity index (χ0) is 12.8. The Morgan fingerprint density at radius 1 is 1.00 bits per heavy atom. The van der Waals surface area contributed by atoms with Crippen LogP contribution >= 0.6 is 11.8 Å². The maximum absolute atomic E-state index is 11.0. The Labute approximate surface area is 111 Å². The van der Waals surface area contributed by atoms with Gasteiger partial charge < -0.3 is 5.11 Å². The molecule has 0 amide bonds. The molecule has 0 saturated carbocycles. The Morgan fingerprint density at radius 3 is 2.11 bits per heavy atom. The average molecular weight is 258 g/mol. The SMILES string of the molecule is O=C(O)CC(Sc1ccccc1)c1ccccc1. The first-order chi connectivity index (χ1) is 8.75. The Kier molecular flexibility index (Phi) is 4.42. The molecule has 0 radical (unpaired) electrons. The van der Waals surface area contributed by atoms with E-state index in [0.717, 1.165) is 10.5 Å². The number of hydrogen-bond donors (Lipinski definition) is 1. The van der Waals surface area contributed by atoms with Gasteiger partial charge in [-0.05, 0) is 17.7 Å². The lowest BCUT2D eigenvalue weighted by molar-refractivity contribution is -0.137. The fraction of sp³-hybridized carbons (Fsp3) is 0.133. The topological polar surface area (TPSA) is 37.3 Å². The lowest BCUT2D eigenvalue weighted by Crippen LogP contribution is -2.03. The van der Waals surface area contributed by atoms with Crippen LogP contribution in [0.1, 0.15) is 17.2 Å². The summed E-state index contributed by atoms with van der Waals surface area (Å²) in [5.74, 6) is -0.771. The molecular weight excluding hydrogens is 244 g/mol. The number of benzene rings is 2. The van der Waals surface area contributed by atoms with Crippen molar-refractivity contribution in [3.05, 3.63) is 66.2 Å². The van der Waals surface area contributed by atoms with Crippen molar-refractivity contribution in [3.63, 3.8) is 0 Å². The van der Waals surface area contributed by atoms with E-state index in [1.165, 1.54) is 0 Å². The van der Waals surface area contributed by atoms with Gasteiger partial charge in [-0.25, -0.2) is 0 Å². The quantitative estimate of drug-likeness (QED) is 0.824. The highest BCUT2D eigenvalue weighted by Crippen LogP contribution is 2.37. The van der Waals surface area contributed by atoms with Crippen LogP contribution in [-0.2, 0) is 4.79 Å². The number of aliphatic carboxylic acids is 1. The molecular formula is C15H14O2S. The maximum Gasteiger partial charge on any atom is 0.304 e. The van der Waals surface area contributed by atoms with E-state index in [1.807, 2.05) is 60.7 Å². The third kappa shape index (κ3) is 3.64. The van der Waals surface area contributed by atoms with Gasteiger partial charge in [-0.1, -0.05) is 48.5 Å². The van der Waals surface area contributed by atoms with Gasteiger partial charge in [0, 0.05) is 10.1 Å². The number of carboxylic acid groups (broad SMARTS) is 1. The molecule has 0 aromatic heterocycles. The fourth-order valence-electron chi connectivity index (χ4n) is 1.72. The summed E-state index contributed by atoms with van der Waals surface area (Å²) in [5.41, 5.74) is 1.05. The maximum atomic E-state index is 11.0. The molecule has 2 rings (SSSR count). The fourth-order valence-corrected chi connectivity index (χ4v) is 2.88. The molecule has 0 bridgehead atoms. The average Bonchev–Trinajstić information content (AvgIpc) is 2.40. The van der Waals surface area contributed by atoms with Crippen LogP contribution in [0.25, 0.3) is 0 Å². The summed E-state index contributed by atoms with van der Waals surface area (Å²) in [7, 11) is 0. The normalized spacial score (nSPS) is 12.0. The van der Waals surface area contributed by atoms with Gasteiger partial charge in [0.15, 0.2) is 0 Å². The summed E-state index contributed by atoms with van der Waals surface area (Å²) in [6, 6.07) is 19.7. The standard InChI is InChI=1S/C15H14O2S/c16-15(17)11-14(12-7-3-1-4-8-12)18-13-9-5-2-6-10-13/h1-10,14H,11H2,(H,16,17). The highest BCUT2D eigenvalue weighted by atomic mass is 32.2. The highest BCUT2D eigenvalue weighted by molar-refractivity contribution is 7.99. The van der Waals surface area contributed by atoms with E-state index in [9.17, 15) is 4.79 Å². The van der Waals surface area contributed by atoms with Crippen LogP contribution in [0, 0.1) is 0 Å². The van der Waals surface area contributed by atoms with Crippen molar-refractivity contribution in [2.45, 2.75) is 16.6 Å². The third-order valence-electron chi connectivity index (χ3n) is 2.55. The Bertz CT molecular complexity index is 496. The minimum absolute atomic E-state index is 0.0499. The molecule has 0 aliphatic rings. The minimum Gasteiger partial charge on any atom is -0.481 e. The van der Waals surface area contributed by atoms with Gasteiger partial charge in [-0.2, -0.15) is 0 Å². The number of hydrogen-bond acceptors (Lipinski definition) is 2. The molecule has 0 heterocycles. The van der Waals surface area contributed by atoms with Crippen molar-refractivity contribution in [1.82, 2.24) is 0 Å². The largest absolute Gasteiger partial charge is 0.481 e. The molecule has 2 nitrogen and oxygen atoms in total. The highest BCUT2D eigenvalue weighted by Gasteiger charge is 2.16. The predicted octanol–water partition coefficient (Wildman–Crippen LogP) is 3.99. The Morgan fingerprint density at radius 2 is 1.56 bits per heavy atom. The van der Waals surface area contributed by atoms with E-state index in [1.54, 1.807) is 11.8 Å². The first kappa shape index (κ1) is 12.7. The second kappa shape index (κ2) is 6.26. The van der Waals surface area contributed by atoms with Crippen molar-refractivity contribution in [1.29, 1.82) is 0 Å². The van der Waals surface area contributed by atoms with Crippen LogP contribution in [-0.4, -0.2) is 11.1 Å². The van der Waals surface area contributed by atoms with E-state index in [-0.39, 0.29) is 11.7 Å². The monoisotopic (exact) mass is 258 g/mol. The van der Waals surface area contributed by atoms with Crippen LogP contribution in [0.2, 0.25) is 0 Å². The third-order valence-corrected chi connectivity index (χ3v) is 3.82. The van der Waals surface area contributed by atoms with Gasteiger partial charge >= 0.3 is 5.97 Å². The summed E-state index contributed by atoms with van der Waals surface area (Å²) >= 11 is 1.59. The van der Waals surface area contributed by atoms with Gasteiger partial charge in [0.2, 0.25) is 0 Å². The molecule has 0 spiro atoms. The molecule has 2 aromatic rings. The summed E-state index contributed by atoms with van der Waals surface area (Å²) in [5, 5.41) is 8.96. The van der Waals surface area contributed by atoms with E-state index < -0.39 is 5.97 Å². The number of rotatable bonds is 5. The van der Waals surface area contributed by atoms with Crippen LogP contribution in [0.3, 0.4) is 0 Å². The second-order valence-electron chi connectivity index (χ2n) is 3.93. The summed E-state index contributed by atoms with van der Waals surface area (Å²) in [6.45, 7) is 0. The minimum atomic E-state index is -0.771. The van der Waals surface area contributed by atoms with Gasteiger partial charge in [0.25, 0.3) is 0 Å². The van der Waals surface area contributed by atoms with Gasteiger partial charge in [-0.3, -0.25) is 4.79 Å². The summed E-state index contributed by atoms with van der Waals surface area (Å²) in [4.78, 5) is 12.1. The number of carbonyl (C=O) groups is 1. The van der Waals surface area contributed by atoms with Crippen molar-refractivity contribution in [3.8, 4) is 0 Å². The van der Waals surface area contributed by atoms with E-state index in [0.29, 0.717) is 0 Å². The lowest BCUT2D eigenvalue weighted by atomic mass is 10.1. The van der Waals surface area contributed by atoms with Crippen LogP contribution < -0.4 is 0 Å². The molecule has 0 aliphatic heterocycles. The molecule has 1 unspecified atom stereocenters. The molecule has 0 fully saturated rings. The van der Waals surface area contributed by atoms with Crippen LogP contribution in [0.5, 0.6) is 0 Å². The van der Waals surface area contributed by atoms with Crippen molar-refractivity contribution >= 4 is 17.7 Å². The van der Waals surface area contributed by atoms with Crippen molar-refractivity contribution in [2.75, 3.05) is 0 Å². The Balaban J connectivity index is 2.18. The molecule has 92 valence electrons. The van der Waals surface area contributed by atoms with E-state index in [4.69, 9.17) is 5.11 Å². The zero-order valence-corrected chi connectivity index (χ0v) is 10.6. The van der Waals surface area contributed by atoms with Crippen molar-refractivity contribution in [2.24, 2.45) is 0 Å². The lowest BCUT2D eigenvalue weighted by Gasteiger charge is -2.14. The van der Waals surface area contributed by atoms with Gasteiger partial charge in [-0.15, -0.1) is 11.8 Å². The smallest absolute Gasteiger partial charge is 0.304 e. The van der Waals surface area contributed by atoms with Crippen LogP contribution in [0.4, 0.5) is 0 Å². The molecule has 0 saturated heterocycles. The molecule has 0 aliphatic carbocycles. The summed E-state index contributed by atoms with van der Waals surface area (Å²) < 4.78 is 0. The van der Waals surface area contributed by atoms with Gasteiger partial charge in [0.05, 0.1) is 6.42 Å². The van der Waals surface area contributed by atoms with Crippen LogP contribution in [0.15, 0.2) is 65.6 Å². The van der Waals surface area contributed by atoms with Gasteiger partial charge in [0.1, 0.15) is 0 Å². The number of carboxylic acids is 1. The van der Waals surface area contributed by atoms with Crippen molar-refractivity contribution < 1.29 is 9.90 Å². The summed E-state index contributed by atoms with van der Waals surface area (Å²) in [6.07, 6.45) is 0.129. The predicted molar refractivity (Wildman–Crippen MR) is 73.7 cm³/mol. The van der Waals surface area contributed by atoms with E-state index >= 15 is 0 Å². The first-order valence-electron chi connectivity index (χ1n) is 5.74. The van der Waals surface area contributed by atoms with E-state index in [2.05, 4.69) is 0 Å². The molecule has 1 N–H and O–H groups in total. The molecule has 18 heavy (non-hydrogen) atoms. The molecule has 1 atom stereocenters. The zero-order valence-electron chi connectivity index (χ0n) is 9.82. The molecule has 2 aromatic carbocycles. The Hall–Kier alpha value is -1.74. The number of thioether (sulfide) groups is 1.